The number of thioether (sulfide) groups is 4. The molecule has 2 aliphatic rings. The van der Waals surface area contributed by atoms with Crippen LogP contribution in [0, 0.1) is 0 Å². The summed E-state index contributed by atoms with van der Waals surface area (Å²) >= 11 is 14.0. The zero-order chi connectivity index (χ0) is 29.0. The molecule has 218 valence electrons. The number of aromatic nitrogens is 2. The molecule has 0 aromatic carbocycles. The summed E-state index contributed by atoms with van der Waals surface area (Å²) in [4.78, 5) is 48.6. The number of nitrogen functional groups attached to an aromatic ring is 1. The number of thiazole rings is 2. The van der Waals surface area contributed by atoms with Crippen molar-refractivity contribution in [2.75, 3.05) is 42.6 Å². The molecule has 40 heavy (non-hydrogen) atoms. The summed E-state index contributed by atoms with van der Waals surface area (Å²) in [6.07, 6.45) is 0. The Balaban J connectivity index is 1.47. The number of aliphatic carboxylic acids is 1. The number of halogens is 1. The van der Waals surface area contributed by atoms with Crippen LogP contribution in [-0.2, 0) is 20.1 Å². The minimum atomic E-state index is -1.31. The zero-order valence-electron chi connectivity index (χ0n) is 20.6. The molecule has 0 bridgehead atoms. The lowest BCUT2D eigenvalue weighted by Crippen LogP contribution is -2.74. The summed E-state index contributed by atoms with van der Waals surface area (Å²) in [5.41, 5.74) is 17.1. The monoisotopic (exact) mass is 684 g/mol. The Bertz CT molecular complexity index is 1310. The highest BCUT2D eigenvalue weighted by Crippen LogP contribution is 2.49. The highest BCUT2D eigenvalue weighted by Gasteiger charge is 2.58. The van der Waals surface area contributed by atoms with Crippen LogP contribution in [0.25, 0.3) is 0 Å². The van der Waals surface area contributed by atoms with E-state index in [0.29, 0.717) is 24.6 Å². The molecule has 4 heterocycles. The fourth-order valence-corrected chi connectivity index (χ4v) is 11.1. The maximum Gasteiger partial charge on any atom is 0.322 e. The maximum atomic E-state index is 13.1. The number of rotatable bonds is 13. The van der Waals surface area contributed by atoms with Crippen molar-refractivity contribution in [3.63, 3.8) is 0 Å². The van der Waals surface area contributed by atoms with Gasteiger partial charge in [-0.05, 0) is 0 Å². The van der Waals surface area contributed by atoms with E-state index in [0.717, 1.165) is 31.3 Å². The molecule has 0 aliphatic carbocycles. The number of fused-ring (bicyclic) bond motifs is 1. The molecule has 3 atom stereocenters. The van der Waals surface area contributed by atoms with Gasteiger partial charge in [-0.25, -0.2) is 9.97 Å². The predicted octanol–water partition coefficient (Wildman–Crippen LogP) is 1.27. The predicted molar refractivity (Wildman–Crippen MR) is 163 cm³/mol. The molecule has 2 fully saturated rings. The number of carbonyl (C=O) groups excluding carboxylic acids is 2. The van der Waals surface area contributed by atoms with Crippen LogP contribution in [-0.4, -0.2) is 102 Å². The van der Waals surface area contributed by atoms with Crippen LogP contribution in [0.2, 0.25) is 4.34 Å². The molecule has 2 amide bonds. The minimum absolute atomic E-state index is 0.0518. The Hall–Kier alpha value is -1.45. The number of nitrogens with one attached hydrogen (secondary N) is 1. The molecule has 1 unspecified atom stereocenters. The highest BCUT2D eigenvalue weighted by molar-refractivity contribution is 8.06. The van der Waals surface area contributed by atoms with Crippen LogP contribution in [0.1, 0.15) is 11.4 Å². The van der Waals surface area contributed by atoms with E-state index in [9.17, 15) is 24.7 Å². The Morgan fingerprint density at radius 2 is 2.00 bits per heavy atom. The van der Waals surface area contributed by atoms with E-state index in [2.05, 4.69) is 15.5 Å². The standard InChI is InChI=1S/C20H25ClN8O5S6/c21-12-9(27-18(24)38-12)10(28-34)13(30)26-11-14(31)29-6-20(17(32)33,7-37-15(11)29)40-16-8(5-35-3-1-22)25-19(39-16)36-4-2-23/h11,15,34H,1-7,22-23H2,(H2,24,27)(H,26,30)(H,32,33)/t11-,15-,20?/m1/s1. The number of oxime groups is 1. The van der Waals surface area contributed by atoms with Crippen molar-refractivity contribution in [3.05, 3.63) is 15.7 Å². The van der Waals surface area contributed by atoms with Gasteiger partial charge in [-0.2, -0.15) is 11.8 Å². The van der Waals surface area contributed by atoms with Crippen molar-refractivity contribution in [2.24, 2.45) is 16.6 Å². The van der Waals surface area contributed by atoms with Crippen molar-refractivity contribution in [3.8, 4) is 0 Å². The molecule has 2 aromatic rings. The smallest absolute Gasteiger partial charge is 0.322 e. The first-order valence-electron chi connectivity index (χ1n) is 11.5. The molecular formula is C20H25ClN8O5S6. The van der Waals surface area contributed by atoms with E-state index in [-0.39, 0.29) is 27.5 Å². The average molecular weight is 685 g/mol. The second-order valence-electron chi connectivity index (χ2n) is 8.34. The van der Waals surface area contributed by atoms with Crippen LogP contribution < -0.4 is 22.5 Å². The number of hydrogen-bond donors (Lipinski definition) is 6. The van der Waals surface area contributed by atoms with Gasteiger partial charge in [0.05, 0.1) is 9.90 Å². The van der Waals surface area contributed by atoms with Gasteiger partial charge in [0.2, 0.25) is 5.91 Å². The number of nitrogens with zero attached hydrogens (tertiary/aromatic N) is 4. The summed E-state index contributed by atoms with van der Waals surface area (Å²) in [6.45, 7) is 0.963. The highest BCUT2D eigenvalue weighted by atomic mass is 35.5. The number of β-lactam (4-membered cyclic amide) rings is 1. The SMILES string of the molecule is NCCSCc1nc(SCCN)sc1SC1(C(=O)O)CS[C@@H]2[C@H](NC(=O)C(=NO)c3nc(N)sc3Cl)C(=O)N2C1. The number of nitrogens with two attached hydrogens (primary N) is 3. The minimum Gasteiger partial charge on any atom is -0.480 e. The van der Waals surface area contributed by atoms with E-state index in [1.807, 2.05) is 0 Å². The van der Waals surface area contributed by atoms with Crippen molar-refractivity contribution in [2.45, 2.75) is 30.5 Å². The number of carboxylic acids is 1. The second-order valence-corrected chi connectivity index (χ2v) is 16.2. The summed E-state index contributed by atoms with van der Waals surface area (Å²) in [7, 11) is 0. The molecule has 2 aromatic heterocycles. The Kier molecular flexibility index (Phi) is 10.8. The fourth-order valence-electron chi connectivity index (χ4n) is 3.78. The third kappa shape index (κ3) is 6.62. The largest absolute Gasteiger partial charge is 0.480 e. The van der Waals surface area contributed by atoms with Crippen LogP contribution >= 0.6 is 81.3 Å². The van der Waals surface area contributed by atoms with Crippen molar-refractivity contribution < 1.29 is 24.7 Å². The van der Waals surface area contributed by atoms with Gasteiger partial charge in [0, 0.05) is 42.6 Å². The van der Waals surface area contributed by atoms with E-state index in [4.69, 9.17) is 33.8 Å². The topological polar surface area (TPSA) is 223 Å². The lowest BCUT2D eigenvalue weighted by Gasteiger charge is -2.53. The molecule has 0 spiro atoms. The normalized spacial score (nSPS) is 22.6. The van der Waals surface area contributed by atoms with Gasteiger partial charge in [-0.1, -0.05) is 51.6 Å². The van der Waals surface area contributed by atoms with Gasteiger partial charge < -0.3 is 37.7 Å². The lowest BCUT2D eigenvalue weighted by atomic mass is 10.0. The van der Waals surface area contributed by atoms with E-state index < -0.39 is 39.7 Å². The van der Waals surface area contributed by atoms with Gasteiger partial charge in [0.25, 0.3) is 5.91 Å². The molecule has 20 heteroatoms. The summed E-state index contributed by atoms with van der Waals surface area (Å²) in [5, 5.41) is 24.9. The Morgan fingerprint density at radius 1 is 1.25 bits per heavy atom. The Morgan fingerprint density at radius 3 is 2.62 bits per heavy atom. The summed E-state index contributed by atoms with van der Waals surface area (Å²) < 4.78 is 0.340. The Labute approximate surface area is 258 Å². The van der Waals surface area contributed by atoms with Crippen LogP contribution in [0.5, 0.6) is 0 Å². The van der Waals surface area contributed by atoms with Crippen molar-refractivity contribution in [1.82, 2.24) is 20.2 Å². The zero-order valence-corrected chi connectivity index (χ0v) is 26.2. The van der Waals surface area contributed by atoms with Crippen LogP contribution in [0.15, 0.2) is 13.7 Å². The fraction of sp³-hybridized carbons (Fsp3) is 0.500. The second kappa shape index (κ2) is 13.7. The van der Waals surface area contributed by atoms with Gasteiger partial charge in [-0.15, -0.1) is 23.1 Å². The van der Waals surface area contributed by atoms with E-state index in [1.54, 1.807) is 11.8 Å². The molecular weight excluding hydrogens is 660 g/mol. The molecule has 2 aliphatic heterocycles. The number of anilines is 1. The molecule has 13 nitrogen and oxygen atoms in total. The van der Waals surface area contributed by atoms with E-state index >= 15 is 0 Å². The number of amides is 2. The third-order valence-corrected chi connectivity index (χ3v) is 13.3. The molecule has 0 radical (unpaired) electrons. The molecule has 9 N–H and O–H groups in total. The third-order valence-electron chi connectivity index (χ3n) is 5.65. The molecule has 0 saturated carbocycles. The number of carboxylic acid groups (broad SMARTS) is 1. The van der Waals surface area contributed by atoms with Crippen LogP contribution in [0.4, 0.5) is 5.13 Å². The molecule has 4 rings (SSSR count). The van der Waals surface area contributed by atoms with Gasteiger partial charge in [0.15, 0.2) is 15.2 Å². The van der Waals surface area contributed by atoms with Crippen molar-refractivity contribution in [1.29, 1.82) is 0 Å². The molecule has 2 saturated heterocycles. The van der Waals surface area contributed by atoms with Gasteiger partial charge in [-0.3, -0.25) is 14.4 Å². The van der Waals surface area contributed by atoms with E-state index in [1.165, 1.54) is 51.5 Å². The summed E-state index contributed by atoms with van der Waals surface area (Å²) in [6, 6.07) is -0.938. The number of hydrogen-bond acceptors (Lipinski definition) is 16. The first-order chi connectivity index (χ1) is 19.1. The first-order valence-corrected chi connectivity index (χ1v) is 17.6. The quantitative estimate of drug-likeness (QED) is 0.0437. The maximum absolute atomic E-state index is 13.1. The first kappa shape index (κ1) is 31.5. The average Bonchev–Trinajstić information content (AvgIpc) is 3.47. The summed E-state index contributed by atoms with van der Waals surface area (Å²) in [5.74, 6) is -0.139. The van der Waals surface area contributed by atoms with Gasteiger partial charge >= 0.3 is 5.97 Å². The van der Waals surface area contributed by atoms with Crippen LogP contribution in [0.3, 0.4) is 0 Å². The van der Waals surface area contributed by atoms with Gasteiger partial charge in [0.1, 0.15) is 26.2 Å². The van der Waals surface area contributed by atoms with Crippen molar-refractivity contribution >= 4 is 110 Å². The lowest BCUT2D eigenvalue weighted by molar-refractivity contribution is -0.151. The number of carbonyl (C=O) groups is 3.